The molecule has 1 amide bonds. The smallest absolute Gasteiger partial charge is 0.265 e. The van der Waals surface area contributed by atoms with Gasteiger partial charge in [0, 0.05) is 6.20 Å². The third kappa shape index (κ3) is 1.91. The number of hydrogen-bond acceptors (Lipinski definition) is 2. The lowest BCUT2D eigenvalue weighted by Gasteiger charge is -2.00. The molecule has 0 radical (unpaired) electrons. The van der Waals surface area contributed by atoms with E-state index < -0.39 is 5.91 Å². The molecule has 1 aromatic carbocycles. The summed E-state index contributed by atoms with van der Waals surface area (Å²) in [6, 6.07) is 9.31. The molecule has 0 atom stereocenters. The van der Waals surface area contributed by atoms with Crippen molar-refractivity contribution in [2.45, 2.75) is 0 Å². The van der Waals surface area contributed by atoms with Crippen molar-refractivity contribution in [2.75, 3.05) is 7.11 Å². The van der Waals surface area contributed by atoms with Crippen molar-refractivity contribution in [3.05, 3.63) is 42.2 Å². The summed E-state index contributed by atoms with van der Waals surface area (Å²) in [5.74, 6) is 0.342. The zero-order chi connectivity index (χ0) is 11.5. The topological polar surface area (TPSA) is 68.1 Å². The fourth-order valence-corrected chi connectivity index (χ4v) is 1.49. The van der Waals surface area contributed by atoms with Gasteiger partial charge in [0.2, 0.25) is 0 Å². The molecule has 0 fully saturated rings. The lowest BCUT2D eigenvalue weighted by atomic mass is 10.1. The summed E-state index contributed by atoms with van der Waals surface area (Å²) in [6.45, 7) is 0. The molecule has 0 aliphatic carbocycles. The molecule has 1 aromatic heterocycles. The van der Waals surface area contributed by atoms with E-state index in [-0.39, 0.29) is 0 Å². The Morgan fingerprint density at radius 3 is 2.44 bits per heavy atom. The standard InChI is InChI=1S/C12H12N2O2/c1-16-10-4-2-8(3-5-10)9-6-11(12(13)15)14-7-9/h2-7,14H,1H3,(H2,13,15). The normalized spacial score (nSPS) is 10.1. The summed E-state index contributed by atoms with van der Waals surface area (Å²) in [4.78, 5) is 13.7. The lowest BCUT2D eigenvalue weighted by molar-refractivity contribution is 0.0996. The Balaban J connectivity index is 2.31. The van der Waals surface area contributed by atoms with Crippen molar-refractivity contribution in [3.8, 4) is 16.9 Å². The third-order valence-electron chi connectivity index (χ3n) is 2.37. The number of nitrogens with two attached hydrogens (primary N) is 1. The molecule has 1 heterocycles. The van der Waals surface area contributed by atoms with Gasteiger partial charge in [-0.1, -0.05) is 12.1 Å². The zero-order valence-electron chi connectivity index (χ0n) is 8.86. The Labute approximate surface area is 93.0 Å². The van der Waals surface area contributed by atoms with E-state index in [0.717, 1.165) is 16.9 Å². The highest BCUT2D eigenvalue weighted by molar-refractivity contribution is 5.92. The molecule has 4 nitrogen and oxygen atoms in total. The quantitative estimate of drug-likeness (QED) is 0.821. The van der Waals surface area contributed by atoms with Gasteiger partial charge in [0.1, 0.15) is 11.4 Å². The number of nitrogens with one attached hydrogen (secondary N) is 1. The molecule has 2 rings (SSSR count). The Kier molecular flexibility index (Phi) is 2.64. The van der Waals surface area contributed by atoms with Gasteiger partial charge in [-0.25, -0.2) is 0 Å². The van der Waals surface area contributed by atoms with Gasteiger partial charge in [-0.2, -0.15) is 0 Å². The van der Waals surface area contributed by atoms with E-state index in [1.54, 1.807) is 19.4 Å². The first-order valence-electron chi connectivity index (χ1n) is 4.83. The largest absolute Gasteiger partial charge is 0.497 e. The van der Waals surface area contributed by atoms with Gasteiger partial charge < -0.3 is 15.5 Å². The van der Waals surface area contributed by atoms with Gasteiger partial charge in [0.15, 0.2) is 0 Å². The number of carbonyl (C=O) groups is 1. The average Bonchev–Trinajstić information content (AvgIpc) is 2.78. The van der Waals surface area contributed by atoms with Crippen molar-refractivity contribution >= 4 is 5.91 Å². The first kappa shape index (κ1) is 10.3. The second kappa shape index (κ2) is 4.10. The Hall–Kier alpha value is -2.23. The van der Waals surface area contributed by atoms with Crippen LogP contribution in [0.3, 0.4) is 0 Å². The monoisotopic (exact) mass is 216 g/mol. The van der Waals surface area contributed by atoms with Crippen molar-refractivity contribution in [1.82, 2.24) is 4.98 Å². The molecule has 3 N–H and O–H groups in total. The van der Waals surface area contributed by atoms with Gasteiger partial charge in [0.25, 0.3) is 5.91 Å². The molecule has 0 unspecified atom stereocenters. The first-order valence-corrected chi connectivity index (χ1v) is 4.83. The zero-order valence-corrected chi connectivity index (χ0v) is 8.86. The number of methoxy groups -OCH3 is 1. The molecule has 0 spiro atoms. The highest BCUT2D eigenvalue weighted by Gasteiger charge is 2.05. The molecular weight excluding hydrogens is 204 g/mol. The highest BCUT2D eigenvalue weighted by Crippen LogP contribution is 2.22. The number of carbonyl (C=O) groups excluding carboxylic acids is 1. The van der Waals surface area contributed by atoms with E-state index in [1.165, 1.54) is 0 Å². The fourth-order valence-electron chi connectivity index (χ4n) is 1.49. The first-order chi connectivity index (χ1) is 7.70. The van der Waals surface area contributed by atoms with Crippen LogP contribution in [0, 0.1) is 0 Å². The predicted molar refractivity (Wildman–Crippen MR) is 61.3 cm³/mol. The maximum absolute atomic E-state index is 10.9. The fraction of sp³-hybridized carbons (Fsp3) is 0.0833. The summed E-state index contributed by atoms with van der Waals surface area (Å²) in [7, 11) is 1.62. The Bertz CT molecular complexity index is 500. The average molecular weight is 216 g/mol. The summed E-state index contributed by atoms with van der Waals surface area (Å²) in [5.41, 5.74) is 7.50. The van der Waals surface area contributed by atoms with Crippen LogP contribution in [-0.2, 0) is 0 Å². The number of ether oxygens (including phenoxy) is 1. The number of benzene rings is 1. The number of aromatic amines is 1. The Morgan fingerprint density at radius 2 is 1.94 bits per heavy atom. The van der Waals surface area contributed by atoms with Crippen LogP contribution >= 0.6 is 0 Å². The molecule has 4 heteroatoms. The maximum atomic E-state index is 10.9. The summed E-state index contributed by atoms with van der Waals surface area (Å²) >= 11 is 0. The summed E-state index contributed by atoms with van der Waals surface area (Å²) in [5, 5.41) is 0. The predicted octanol–water partition coefficient (Wildman–Crippen LogP) is 1.79. The van der Waals surface area contributed by atoms with Crippen molar-refractivity contribution in [3.63, 3.8) is 0 Å². The van der Waals surface area contributed by atoms with Gasteiger partial charge >= 0.3 is 0 Å². The Morgan fingerprint density at radius 1 is 1.25 bits per heavy atom. The van der Waals surface area contributed by atoms with E-state index in [9.17, 15) is 4.79 Å². The van der Waals surface area contributed by atoms with Gasteiger partial charge in [-0.15, -0.1) is 0 Å². The summed E-state index contributed by atoms with van der Waals surface area (Å²) in [6.07, 6.45) is 1.75. The van der Waals surface area contributed by atoms with Gasteiger partial charge in [0.05, 0.1) is 7.11 Å². The molecule has 2 aromatic rings. The van der Waals surface area contributed by atoms with Crippen LogP contribution in [-0.4, -0.2) is 18.0 Å². The van der Waals surface area contributed by atoms with E-state index >= 15 is 0 Å². The van der Waals surface area contributed by atoms with Crippen LogP contribution in [0.1, 0.15) is 10.5 Å². The molecule has 16 heavy (non-hydrogen) atoms. The molecule has 0 aliphatic heterocycles. The van der Waals surface area contributed by atoms with Crippen LogP contribution in [0.5, 0.6) is 5.75 Å². The molecule has 0 bridgehead atoms. The second-order valence-corrected chi connectivity index (χ2v) is 3.39. The van der Waals surface area contributed by atoms with Gasteiger partial charge in [-0.3, -0.25) is 4.79 Å². The van der Waals surface area contributed by atoms with E-state index in [0.29, 0.717) is 5.69 Å². The van der Waals surface area contributed by atoms with Crippen LogP contribution < -0.4 is 10.5 Å². The van der Waals surface area contributed by atoms with Crippen molar-refractivity contribution < 1.29 is 9.53 Å². The van der Waals surface area contributed by atoms with Crippen LogP contribution in [0.2, 0.25) is 0 Å². The lowest BCUT2D eigenvalue weighted by Crippen LogP contribution is -2.10. The number of hydrogen-bond donors (Lipinski definition) is 2. The maximum Gasteiger partial charge on any atom is 0.265 e. The van der Waals surface area contributed by atoms with Crippen LogP contribution in [0.25, 0.3) is 11.1 Å². The van der Waals surface area contributed by atoms with Crippen LogP contribution in [0.15, 0.2) is 36.5 Å². The minimum atomic E-state index is -0.459. The minimum Gasteiger partial charge on any atom is -0.497 e. The number of amides is 1. The third-order valence-corrected chi connectivity index (χ3v) is 2.37. The SMILES string of the molecule is COc1ccc(-c2c[nH]c(C(N)=O)c2)cc1. The van der Waals surface area contributed by atoms with E-state index in [2.05, 4.69) is 4.98 Å². The molecular formula is C12H12N2O2. The number of primary amides is 1. The molecule has 0 saturated carbocycles. The molecule has 0 aliphatic rings. The van der Waals surface area contributed by atoms with E-state index in [4.69, 9.17) is 10.5 Å². The number of H-pyrrole nitrogens is 1. The number of rotatable bonds is 3. The second-order valence-electron chi connectivity index (χ2n) is 3.39. The summed E-state index contributed by atoms with van der Waals surface area (Å²) < 4.78 is 5.07. The molecule has 82 valence electrons. The van der Waals surface area contributed by atoms with Crippen molar-refractivity contribution in [2.24, 2.45) is 5.73 Å². The van der Waals surface area contributed by atoms with E-state index in [1.807, 2.05) is 24.3 Å². The van der Waals surface area contributed by atoms with Gasteiger partial charge in [-0.05, 0) is 29.3 Å². The van der Waals surface area contributed by atoms with Crippen LogP contribution in [0.4, 0.5) is 0 Å². The number of aromatic nitrogens is 1. The molecule has 0 saturated heterocycles. The highest BCUT2D eigenvalue weighted by atomic mass is 16.5. The van der Waals surface area contributed by atoms with Crippen molar-refractivity contribution in [1.29, 1.82) is 0 Å². The minimum absolute atomic E-state index is 0.408.